The number of hydrogen-bond acceptors (Lipinski definition) is 6. The zero-order chi connectivity index (χ0) is 27.2. The third kappa shape index (κ3) is 4.10. The lowest BCUT2D eigenvalue weighted by Crippen LogP contribution is -2.00. The maximum absolute atomic E-state index is 6.32. The lowest BCUT2D eigenvalue weighted by Gasteiger charge is -2.08. The summed E-state index contributed by atoms with van der Waals surface area (Å²) in [5.74, 6) is 1.82. The van der Waals surface area contributed by atoms with Crippen molar-refractivity contribution < 1.29 is 4.42 Å². The third-order valence-electron chi connectivity index (χ3n) is 7.20. The zero-order valence-corrected chi connectivity index (χ0v) is 21.8. The van der Waals surface area contributed by atoms with Crippen LogP contribution < -0.4 is 0 Å². The van der Waals surface area contributed by atoms with Gasteiger partial charge in [0.25, 0.3) is 0 Å². The molecule has 8 aromatic rings. The maximum atomic E-state index is 6.32. The molecule has 192 valence electrons. The van der Waals surface area contributed by atoms with Crippen molar-refractivity contribution in [3.8, 4) is 45.4 Å². The van der Waals surface area contributed by atoms with E-state index in [1.807, 2.05) is 103 Å². The van der Waals surface area contributed by atoms with Gasteiger partial charge in [0.05, 0.1) is 11.2 Å². The summed E-state index contributed by atoms with van der Waals surface area (Å²) >= 11 is 0. The van der Waals surface area contributed by atoms with Crippen LogP contribution in [0.4, 0.5) is 0 Å². The van der Waals surface area contributed by atoms with E-state index < -0.39 is 0 Å². The van der Waals surface area contributed by atoms with Gasteiger partial charge in [0.2, 0.25) is 5.71 Å². The van der Waals surface area contributed by atoms with Gasteiger partial charge in [0.15, 0.2) is 17.5 Å². The minimum atomic E-state index is 0.577. The second kappa shape index (κ2) is 9.47. The van der Waals surface area contributed by atoms with Gasteiger partial charge in [0.1, 0.15) is 5.58 Å². The number of pyridine rings is 2. The second-order valence-electron chi connectivity index (χ2n) is 9.78. The number of nitrogens with zero attached hydrogens (tertiary/aromatic N) is 5. The lowest BCUT2D eigenvalue weighted by atomic mass is 10.1. The van der Waals surface area contributed by atoms with Crippen LogP contribution in [0, 0.1) is 0 Å². The molecule has 0 atom stereocenters. The van der Waals surface area contributed by atoms with Crippen molar-refractivity contribution >= 4 is 33.0 Å². The Morgan fingerprint density at radius 1 is 0.488 bits per heavy atom. The average molecular weight is 528 g/mol. The van der Waals surface area contributed by atoms with Gasteiger partial charge in [-0.05, 0) is 30.3 Å². The fourth-order valence-corrected chi connectivity index (χ4v) is 5.19. The number of rotatable bonds is 4. The zero-order valence-electron chi connectivity index (χ0n) is 21.8. The molecule has 0 amide bonds. The molecule has 8 rings (SSSR count). The second-order valence-corrected chi connectivity index (χ2v) is 9.78. The molecule has 0 fully saturated rings. The van der Waals surface area contributed by atoms with Gasteiger partial charge in [-0.25, -0.2) is 19.9 Å². The minimum absolute atomic E-state index is 0.577. The van der Waals surface area contributed by atoms with Crippen molar-refractivity contribution in [2.45, 2.75) is 0 Å². The molecule has 4 aromatic heterocycles. The Balaban J connectivity index is 1.26. The SMILES string of the molecule is c1ccc(-c2nc(-c3ccccc3)nc(-c3ccc4c(c3)oc3nc(-c5cccc6cccnc56)ccc34)n2)cc1. The van der Waals surface area contributed by atoms with Gasteiger partial charge < -0.3 is 4.42 Å². The Kier molecular flexibility index (Phi) is 5.35. The van der Waals surface area contributed by atoms with Crippen molar-refractivity contribution in [3.63, 3.8) is 0 Å². The first-order valence-corrected chi connectivity index (χ1v) is 13.3. The molecule has 4 heterocycles. The highest BCUT2D eigenvalue weighted by Gasteiger charge is 2.16. The normalized spacial score (nSPS) is 11.4. The van der Waals surface area contributed by atoms with E-state index in [0.29, 0.717) is 23.2 Å². The summed E-state index contributed by atoms with van der Waals surface area (Å²) in [7, 11) is 0. The van der Waals surface area contributed by atoms with Crippen LogP contribution in [0.1, 0.15) is 0 Å². The van der Waals surface area contributed by atoms with Crippen LogP contribution >= 0.6 is 0 Å². The molecule has 41 heavy (non-hydrogen) atoms. The smallest absolute Gasteiger partial charge is 0.227 e. The Morgan fingerprint density at radius 2 is 1.15 bits per heavy atom. The predicted molar refractivity (Wildman–Crippen MR) is 162 cm³/mol. The summed E-state index contributed by atoms with van der Waals surface area (Å²) in [5.41, 5.74) is 6.70. The average Bonchev–Trinajstić information content (AvgIpc) is 3.42. The summed E-state index contributed by atoms with van der Waals surface area (Å²) in [4.78, 5) is 24.0. The van der Waals surface area contributed by atoms with Gasteiger partial charge in [0, 0.05) is 44.6 Å². The molecule has 0 saturated heterocycles. The highest BCUT2D eigenvalue weighted by atomic mass is 16.3. The molecule has 0 bridgehead atoms. The molecule has 0 unspecified atom stereocenters. The number of fused-ring (bicyclic) bond motifs is 4. The van der Waals surface area contributed by atoms with Crippen molar-refractivity contribution in [3.05, 3.63) is 128 Å². The third-order valence-corrected chi connectivity index (χ3v) is 7.20. The lowest BCUT2D eigenvalue weighted by molar-refractivity contribution is 0.655. The van der Waals surface area contributed by atoms with E-state index in [1.165, 1.54) is 0 Å². The van der Waals surface area contributed by atoms with Gasteiger partial charge in [-0.15, -0.1) is 0 Å². The molecule has 4 aromatic carbocycles. The standard InChI is InChI=1S/C35H21N5O/c1-3-9-23(10-4-1)32-38-33(24-11-5-2-6-12-24)40-34(39-32)25-16-17-26-27-18-19-29(37-35(27)41-30(26)21-25)28-15-7-13-22-14-8-20-36-31(22)28/h1-21H. The molecule has 0 aliphatic rings. The topological polar surface area (TPSA) is 77.6 Å². The molecule has 0 spiro atoms. The van der Waals surface area contributed by atoms with Crippen molar-refractivity contribution in [1.29, 1.82) is 0 Å². The monoisotopic (exact) mass is 527 g/mol. The maximum Gasteiger partial charge on any atom is 0.227 e. The highest BCUT2D eigenvalue weighted by molar-refractivity contribution is 6.05. The van der Waals surface area contributed by atoms with Crippen LogP contribution in [0.3, 0.4) is 0 Å². The number of hydrogen-bond donors (Lipinski definition) is 0. The van der Waals surface area contributed by atoms with Gasteiger partial charge in [-0.2, -0.15) is 0 Å². The molecule has 0 radical (unpaired) electrons. The molecular weight excluding hydrogens is 506 g/mol. The van der Waals surface area contributed by atoms with Crippen LogP contribution in [-0.4, -0.2) is 24.9 Å². The van der Waals surface area contributed by atoms with Crippen molar-refractivity contribution in [2.75, 3.05) is 0 Å². The van der Waals surface area contributed by atoms with Crippen molar-refractivity contribution in [2.24, 2.45) is 0 Å². The van der Waals surface area contributed by atoms with E-state index in [4.69, 9.17) is 24.4 Å². The van der Waals surface area contributed by atoms with Crippen LogP contribution in [0.15, 0.2) is 132 Å². The Hall–Kier alpha value is -5.75. The molecule has 6 nitrogen and oxygen atoms in total. The number of furan rings is 1. The fourth-order valence-electron chi connectivity index (χ4n) is 5.19. The largest absolute Gasteiger partial charge is 0.438 e. The number of para-hydroxylation sites is 1. The van der Waals surface area contributed by atoms with E-state index in [0.717, 1.165) is 55.2 Å². The van der Waals surface area contributed by atoms with Gasteiger partial charge >= 0.3 is 0 Å². The first kappa shape index (κ1) is 23.2. The summed E-state index contributed by atoms with van der Waals surface area (Å²) in [6.07, 6.45) is 1.81. The minimum Gasteiger partial charge on any atom is -0.438 e. The Bertz CT molecular complexity index is 2150. The number of benzene rings is 4. The van der Waals surface area contributed by atoms with Crippen LogP contribution in [-0.2, 0) is 0 Å². The molecule has 0 aliphatic carbocycles. The van der Waals surface area contributed by atoms with Crippen LogP contribution in [0.25, 0.3) is 78.4 Å². The first-order chi connectivity index (χ1) is 20.3. The van der Waals surface area contributed by atoms with E-state index in [9.17, 15) is 0 Å². The van der Waals surface area contributed by atoms with Gasteiger partial charge in [-0.1, -0.05) is 91.0 Å². The molecule has 6 heteroatoms. The van der Waals surface area contributed by atoms with E-state index in [1.54, 1.807) is 6.20 Å². The fraction of sp³-hybridized carbons (Fsp3) is 0. The highest BCUT2D eigenvalue weighted by Crippen LogP contribution is 2.34. The Morgan fingerprint density at radius 3 is 1.88 bits per heavy atom. The summed E-state index contributed by atoms with van der Waals surface area (Å²) in [6, 6.07) is 40.2. The van der Waals surface area contributed by atoms with Crippen LogP contribution in [0.2, 0.25) is 0 Å². The molecule has 0 N–H and O–H groups in total. The predicted octanol–water partition coefficient (Wildman–Crippen LogP) is 8.38. The molecular formula is C35H21N5O. The summed E-state index contributed by atoms with van der Waals surface area (Å²) < 4.78 is 6.32. The van der Waals surface area contributed by atoms with E-state index >= 15 is 0 Å². The van der Waals surface area contributed by atoms with Gasteiger partial charge in [-0.3, -0.25) is 4.98 Å². The Labute approximate surface area is 235 Å². The van der Waals surface area contributed by atoms with E-state index in [-0.39, 0.29) is 0 Å². The van der Waals surface area contributed by atoms with Crippen LogP contribution in [0.5, 0.6) is 0 Å². The summed E-state index contributed by atoms with van der Waals surface area (Å²) in [6.45, 7) is 0. The quantitative estimate of drug-likeness (QED) is 0.229. The number of aromatic nitrogens is 5. The van der Waals surface area contributed by atoms with E-state index in [2.05, 4.69) is 23.2 Å². The molecule has 0 saturated carbocycles. The molecule has 0 aliphatic heterocycles. The van der Waals surface area contributed by atoms with Crippen molar-refractivity contribution in [1.82, 2.24) is 24.9 Å². The first-order valence-electron chi connectivity index (χ1n) is 13.3. The summed E-state index contributed by atoms with van der Waals surface area (Å²) in [5, 5.41) is 3.01.